The Morgan fingerprint density at radius 2 is 1.67 bits per heavy atom. The number of carboxylic acids is 1. The Morgan fingerprint density at radius 1 is 1.10 bits per heavy atom. The predicted octanol–water partition coefficient (Wildman–Crippen LogP) is 3.50. The van der Waals surface area contributed by atoms with Crippen LogP contribution in [0.5, 0.6) is 5.75 Å². The van der Waals surface area contributed by atoms with Crippen LogP contribution >= 0.6 is 0 Å². The lowest BCUT2D eigenvalue weighted by molar-refractivity contribution is -0.192. The average molecular weight is 444 g/mol. The molecule has 0 aliphatic rings. The maximum Gasteiger partial charge on any atom is 0.490 e. The van der Waals surface area contributed by atoms with Gasteiger partial charge in [-0.1, -0.05) is 18.2 Å². The number of halogens is 3. The molecule has 0 spiro atoms. The number of hydrogen-bond acceptors (Lipinski definition) is 5. The number of carboxylic acid groups (broad SMARTS) is 1. The number of fused-ring (bicyclic) bond motifs is 1. The number of rotatable bonds is 4. The van der Waals surface area contributed by atoms with Crippen LogP contribution in [0.15, 0.2) is 59.5 Å². The molecular weight excluding hydrogens is 425 g/mol. The molecule has 7 nitrogen and oxygen atoms in total. The van der Waals surface area contributed by atoms with Crippen LogP contribution in [0.25, 0.3) is 10.9 Å². The second-order valence-corrected chi connectivity index (χ2v) is 7.99. The first-order valence-corrected chi connectivity index (χ1v) is 9.96. The van der Waals surface area contributed by atoms with Crippen LogP contribution in [-0.4, -0.2) is 41.8 Å². The molecule has 30 heavy (non-hydrogen) atoms. The molecule has 162 valence electrons. The van der Waals surface area contributed by atoms with Crippen LogP contribution in [0.2, 0.25) is 0 Å². The molecule has 0 radical (unpaired) electrons. The Morgan fingerprint density at radius 3 is 2.17 bits per heavy atom. The molecule has 0 aliphatic carbocycles. The van der Waals surface area contributed by atoms with E-state index in [9.17, 15) is 26.7 Å². The summed E-state index contributed by atoms with van der Waals surface area (Å²) >= 11 is 0. The second-order valence-electron chi connectivity index (χ2n) is 6.21. The number of nitrogens with zero attached hydrogens (tertiary/aromatic N) is 1. The second kappa shape index (κ2) is 8.76. The van der Waals surface area contributed by atoms with Gasteiger partial charge in [0.15, 0.2) is 0 Å². The smallest absolute Gasteiger partial charge is 0.490 e. The van der Waals surface area contributed by atoms with E-state index in [2.05, 4.69) is 5.32 Å². The molecule has 0 saturated carbocycles. The van der Waals surface area contributed by atoms with Gasteiger partial charge in [-0.25, -0.2) is 17.2 Å². The lowest BCUT2D eigenvalue weighted by atomic mass is 10.2. The average Bonchev–Trinajstić information content (AvgIpc) is 3.07. The minimum Gasteiger partial charge on any atom is -0.508 e. The summed E-state index contributed by atoms with van der Waals surface area (Å²) in [4.78, 5) is 9.13. The standard InChI is InChI=1S/C17H18N2O3S.C2HF3O2/c1-12(18-2)17-11-13-10-14(20)8-9-16(13)19(17)23(21,22)15-6-4-3-5-7-15;3-2(4,5)1(6)7/h3-12,18,20H,1-2H3;(H,6,7). The van der Waals surface area contributed by atoms with Crippen molar-refractivity contribution in [3.63, 3.8) is 0 Å². The Hall–Kier alpha value is -3.05. The fourth-order valence-electron chi connectivity index (χ4n) is 2.61. The third-order valence-electron chi connectivity index (χ3n) is 4.17. The van der Waals surface area contributed by atoms with Gasteiger partial charge in [0.1, 0.15) is 5.75 Å². The van der Waals surface area contributed by atoms with E-state index < -0.39 is 22.2 Å². The molecule has 3 rings (SSSR count). The van der Waals surface area contributed by atoms with E-state index in [1.807, 2.05) is 6.92 Å². The van der Waals surface area contributed by atoms with Gasteiger partial charge in [0.05, 0.1) is 16.1 Å². The van der Waals surface area contributed by atoms with Gasteiger partial charge in [-0.3, -0.25) is 0 Å². The molecular formula is C19H19F3N2O5S. The van der Waals surface area contributed by atoms with Crippen LogP contribution in [0.3, 0.4) is 0 Å². The Balaban J connectivity index is 0.000000396. The molecule has 1 aromatic heterocycles. The first-order chi connectivity index (χ1) is 13.9. The minimum atomic E-state index is -5.08. The first kappa shape index (κ1) is 23.2. The summed E-state index contributed by atoms with van der Waals surface area (Å²) in [5, 5.41) is 20.6. The molecule has 3 N–H and O–H groups in total. The SMILES string of the molecule is CNC(C)c1cc2cc(O)ccc2n1S(=O)(=O)c1ccccc1.O=C(O)C(F)(F)F. The monoisotopic (exact) mass is 444 g/mol. The normalized spacial score (nSPS) is 12.8. The summed E-state index contributed by atoms with van der Waals surface area (Å²) in [5.74, 6) is -2.65. The van der Waals surface area contributed by atoms with Crippen molar-refractivity contribution >= 4 is 26.9 Å². The quantitative estimate of drug-likeness (QED) is 0.569. The van der Waals surface area contributed by atoms with Crippen molar-refractivity contribution < 1.29 is 36.6 Å². The molecule has 0 bridgehead atoms. The van der Waals surface area contributed by atoms with Gasteiger partial charge in [-0.15, -0.1) is 0 Å². The van der Waals surface area contributed by atoms with Gasteiger partial charge in [-0.05, 0) is 50.4 Å². The minimum absolute atomic E-state index is 0.107. The maximum atomic E-state index is 13.1. The molecule has 0 aliphatic heterocycles. The molecule has 1 heterocycles. The van der Waals surface area contributed by atoms with Gasteiger partial charge in [0.25, 0.3) is 10.0 Å². The van der Waals surface area contributed by atoms with Crippen LogP contribution < -0.4 is 5.32 Å². The van der Waals surface area contributed by atoms with E-state index in [0.29, 0.717) is 16.6 Å². The van der Waals surface area contributed by atoms with Gasteiger partial charge in [-0.2, -0.15) is 13.2 Å². The van der Waals surface area contributed by atoms with Gasteiger partial charge in [0, 0.05) is 11.4 Å². The summed E-state index contributed by atoms with van der Waals surface area (Å²) < 4.78 is 59.3. The van der Waals surface area contributed by atoms with Crippen LogP contribution in [0, 0.1) is 0 Å². The van der Waals surface area contributed by atoms with Crippen molar-refractivity contribution in [3.8, 4) is 5.75 Å². The Labute approximate surface area is 170 Å². The van der Waals surface area contributed by atoms with E-state index in [0.717, 1.165) is 0 Å². The third-order valence-corrected chi connectivity index (χ3v) is 5.92. The van der Waals surface area contributed by atoms with Crippen LogP contribution in [0.1, 0.15) is 18.7 Å². The summed E-state index contributed by atoms with van der Waals surface area (Å²) in [6.45, 7) is 1.89. The van der Waals surface area contributed by atoms with Gasteiger partial charge in [0.2, 0.25) is 0 Å². The number of phenols is 1. The Kier molecular flexibility index (Phi) is 6.78. The predicted molar refractivity (Wildman–Crippen MR) is 104 cm³/mol. The highest BCUT2D eigenvalue weighted by Gasteiger charge is 2.38. The molecule has 0 amide bonds. The lowest BCUT2D eigenvalue weighted by Gasteiger charge is -2.16. The van der Waals surface area contributed by atoms with Crippen LogP contribution in [0.4, 0.5) is 13.2 Å². The van der Waals surface area contributed by atoms with E-state index in [4.69, 9.17) is 9.90 Å². The first-order valence-electron chi connectivity index (χ1n) is 8.52. The third kappa shape index (κ3) is 4.92. The van der Waals surface area contributed by atoms with Crippen molar-refractivity contribution in [2.24, 2.45) is 0 Å². The highest BCUT2D eigenvalue weighted by atomic mass is 32.2. The molecule has 2 aromatic carbocycles. The van der Waals surface area contributed by atoms with E-state index in [1.54, 1.807) is 55.6 Å². The molecule has 0 saturated heterocycles. The molecule has 11 heteroatoms. The maximum absolute atomic E-state index is 13.1. The van der Waals surface area contributed by atoms with Crippen molar-refractivity contribution in [2.45, 2.75) is 24.0 Å². The fraction of sp³-hybridized carbons (Fsp3) is 0.211. The molecule has 1 atom stereocenters. The number of carbonyl (C=O) groups is 1. The number of benzene rings is 2. The summed E-state index contributed by atoms with van der Waals surface area (Å²) in [5.41, 5.74) is 1.17. The number of nitrogens with one attached hydrogen (secondary N) is 1. The highest BCUT2D eigenvalue weighted by Crippen LogP contribution is 2.31. The topological polar surface area (TPSA) is 109 Å². The van der Waals surface area contributed by atoms with E-state index in [1.165, 1.54) is 10.0 Å². The fourth-order valence-corrected chi connectivity index (χ4v) is 4.24. The van der Waals surface area contributed by atoms with Crippen molar-refractivity contribution in [2.75, 3.05) is 7.05 Å². The number of aromatic hydroxyl groups is 1. The van der Waals surface area contributed by atoms with Crippen LogP contribution in [-0.2, 0) is 14.8 Å². The summed E-state index contributed by atoms with van der Waals surface area (Å²) in [6.07, 6.45) is -5.08. The number of phenolic OH excluding ortho intramolecular Hbond substituents is 1. The largest absolute Gasteiger partial charge is 0.508 e. The zero-order valence-electron chi connectivity index (χ0n) is 15.9. The highest BCUT2D eigenvalue weighted by molar-refractivity contribution is 7.90. The number of hydrogen-bond donors (Lipinski definition) is 3. The number of aromatic nitrogens is 1. The van der Waals surface area contributed by atoms with E-state index in [-0.39, 0.29) is 16.7 Å². The molecule has 3 aromatic rings. The molecule has 1 unspecified atom stereocenters. The molecule has 0 fully saturated rings. The van der Waals surface area contributed by atoms with Crippen molar-refractivity contribution in [3.05, 3.63) is 60.3 Å². The van der Waals surface area contributed by atoms with Crippen molar-refractivity contribution in [1.29, 1.82) is 0 Å². The zero-order chi connectivity index (χ0) is 22.7. The van der Waals surface area contributed by atoms with Gasteiger partial charge < -0.3 is 15.5 Å². The Bertz CT molecular complexity index is 1140. The lowest BCUT2D eigenvalue weighted by Crippen LogP contribution is -2.21. The van der Waals surface area contributed by atoms with E-state index >= 15 is 0 Å². The van der Waals surface area contributed by atoms with Gasteiger partial charge >= 0.3 is 12.1 Å². The summed E-state index contributed by atoms with van der Waals surface area (Å²) in [7, 11) is -1.95. The number of aliphatic carboxylic acids is 1. The van der Waals surface area contributed by atoms with Crippen molar-refractivity contribution in [1.82, 2.24) is 9.29 Å². The zero-order valence-corrected chi connectivity index (χ0v) is 16.7. The number of alkyl halides is 3. The summed E-state index contributed by atoms with van der Waals surface area (Å²) in [6, 6.07) is 14.6.